The first kappa shape index (κ1) is 14.5. The maximum Gasteiger partial charge on any atom is 0.337 e. The highest BCUT2D eigenvalue weighted by Crippen LogP contribution is 2.21. The van der Waals surface area contributed by atoms with Gasteiger partial charge in [-0.15, -0.1) is 0 Å². The number of anilines is 1. The van der Waals surface area contributed by atoms with Crippen LogP contribution in [0, 0.1) is 10.5 Å². The van der Waals surface area contributed by atoms with E-state index in [0.29, 0.717) is 16.8 Å². The Hall–Kier alpha value is -1.89. The normalized spacial score (nSPS) is 10.1. The van der Waals surface area contributed by atoms with Crippen molar-refractivity contribution in [2.24, 2.45) is 0 Å². The average Bonchev–Trinajstić information content (AvgIpc) is 2.41. The number of hydrogen-bond donors (Lipinski definition) is 2. The molecule has 0 aliphatic carbocycles. The van der Waals surface area contributed by atoms with Crippen LogP contribution in [-0.2, 0) is 0 Å². The number of hydrogen-bond acceptors (Lipinski definition) is 2. The van der Waals surface area contributed by atoms with Crippen LogP contribution in [0.15, 0.2) is 42.5 Å². The van der Waals surface area contributed by atoms with Crippen molar-refractivity contribution in [1.82, 2.24) is 0 Å². The summed E-state index contributed by atoms with van der Waals surface area (Å²) in [6, 6.07) is 11.9. The first-order chi connectivity index (χ1) is 9.49. The van der Waals surface area contributed by atoms with Crippen molar-refractivity contribution in [2.75, 3.05) is 5.32 Å². The van der Waals surface area contributed by atoms with Crippen LogP contribution in [0.2, 0.25) is 0 Å². The van der Waals surface area contributed by atoms with E-state index in [0.717, 1.165) is 3.57 Å². The van der Waals surface area contributed by atoms with Gasteiger partial charge in [-0.25, -0.2) is 4.79 Å². The monoisotopic (exact) mass is 381 g/mol. The van der Waals surface area contributed by atoms with E-state index in [4.69, 9.17) is 5.11 Å². The molecule has 0 saturated carbocycles. The highest BCUT2D eigenvalue weighted by Gasteiger charge is 2.15. The Morgan fingerprint density at radius 3 is 2.35 bits per heavy atom. The van der Waals surface area contributed by atoms with Gasteiger partial charge >= 0.3 is 5.97 Å². The predicted molar refractivity (Wildman–Crippen MR) is 85.3 cm³/mol. The van der Waals surface area contributed by atoms with E-state index in [-0.39, 0.29) is 11.5 Å². The summed E-state index contributed by atoms with van der Waals surface area (Å²) in [5, 5.41) is 11.8. The molecule has 0 aliphatic rings. The lowest BCUT2D eigenvalue weighted by Crippen LogP contribution is -2.15. The second-order valence-electron chi connectivity index (χ2n) is 4.26. The lowest BCUT2D eigenvalue weighted by atomic mass is 10.1. The number of halogens is 1. The number of carboxylic acids is 1. The second-order valence-corrected chi connectivity index (χ2v) is 5.51. The third kappa shape index (κ3) is 3.16. The largest absolute Gasteiger partial charge is 0.478 e. The van der Waals surface area contributed by atoms with E-state index < -0.39 is 5.97 Å². The van der Waals surface area contributed by atoms with Gasteiger partial charge in [-0.2, -0.15) is 0 Å². The molecule has 0 saturated heterocycles. The topological polar surface area (TPSA) is 66.4 Å². The third-order valence-electron chi connectivity index (χ3n) is 2.85. The van der Waals surface area contributed by atoms with Crippen molar-refractivity contribution in [3.8, 4) is 0 Å². The fourth-order valence-electron chi connectivity index (χ4n) is 1.80. The summed E-state index contributed by atoms with van der Waals surface area (Å²) in [4.78, 5) is 23.3. The Kier molecular flexibility index (Phi) is 4.39. The van der Waals surface area contributed by atoms with Crippen molar-refractivity contribution in [1.29, 1.82) is 0 Å². The third-order valence-corrected chi connectivity index (χ3v) is 3.57. The van der Waals surface area contributed by atoms with Crippen molar-refractivity contribution in [3.63, 3.8) is 0 Å². The average molecular weight is 381 g/mol. The second kappa shape index (κ2) is 6.04. The van der Waals surface area contributed by atoms with Crippen LogP contribution in [0.4, 0.5) is 5.69 Å². The zero-order chi connectivity index (χ0) is 14.7. The molecular weight excluding hydrogens is 369 g/mol. The van der Waals surface area contributed by atoms with Crippen LogP contribution in [-0.4, -0.2) is 17.0 Å². The minimum Gasteiger partial charge on any atom is -0.478 e. The number of aromatic carboxylic acids is 1. The number of para-hydroxylation sites is 1. The number of amides is 1. The van der Waals surface area contributed by atoms with Crippen LogP contribution in [0.3, 0.4) is 0 Å². The number of carbonyl (C=O) groups excluding carboxylic acids is 1. The van der Waals surface area contributed by atoms with Gasteiger partial charge in [0.2, 0.25) is 0 Å². The van der Waals surface area contributed by atoms with Gasteiger partial charge in [0.1, 0.15) is 0 Å². The summed E-state index contributed by atoms with van der Waals surface area (Å²) in [5.74, 6) is -1.38. The van der Waals surface area contributed by atoms with Crippen LogP contribution in [0.1, 0.15) is 26.3 Å². The predicted octanol–water partition coefficient (Wildman–Crippen LogP) is 3.55. The summed E-state index contributed by atoms with van der Waals surface area (Å²) in [5.41, 5.74) is 1.63. The molecule has 2 aromatic carbocycles. The van der Waals surface area contributed by atoms with Crippen LogP contribution < -0.4 is 5.32 Å². The molecule has 1 amide bonds. The van der Waals surface area contributed by atoms with E-state index >= 15 is 0 Å². The Bertz CT molecular complexity index is 665. The summed E-state index contributed by atoms with van der Waals surface area (Å²) >= 11 is 2.15. The Morgan fingerprint density at radius 1 is 1.10 bits per heavy atom. The minimum atomic E-state index is -1.06. The highest BCUT2D eigenvalue weighted by molar-refractivity contribution is 14.1. The first-order valence-corrected chi connectivity index (χ1v) is 6.96. The standard InChI is InChI=1S/C15H12INO3/c1-9-3-2-4-12(15(19)20)13(9)17-14(18)10-5-7-11(16)8-6-10/h2-8H,1H3,(H,17,18)(H,19,20). The molecule has 20 heavy (non-hydrogen) atoms. The maximum atomic E-state index is 12.1. The number of aryl methyl sites for hydroxylation is 1. The molecule has 0 aromatic heterocycles. The molecule has 0 aliphatic heterocycles. The molecule has 2 N–H and O–H groups in total. The zero-order valence-corrected chi connectivity index (χ0v) is 12.8. The fraction of sp³-hybridized carbons (Fsp3) is 0.0667. The first-order valence-electron chi connectivity index (χ1n) is 5.89. The van der Waals surface area contributed by atoms with E-state index in [1.165, 1.54) is 6.07 Å². The van der Waals surface area contributed by atoms with Crippen LogP contribution in [0.5, 0.6) is 0 Å². The lowest BCUT2D eigenvalue weighted by molar-refractivity contribution is 0.0698. The molecule has 0 atom stereocenters. The van der Waals surface area contributed by atoms with Crippen molar-refractivity contribution in [3.05, 3.63) is 62.7 Å². The molecule has 0 unspecified atom stereocenters. The van der Waals surface area contributed by atoms with Gasteiger partial charge in [0.05, 0.1) is 11.3 Å². The van der Waals surface area contributed by atoms with E-state index in [2.05, 4.69) is 27.9 Å². The number of carbonyl (C=O) groups is 2. The molecule has 0 heterocycles. The lowest BCUT2D eigenvalue weighted by Gasteiger charge is -2.11. The summed E-state index contributed by atoms with van der Waals surface area (Å²) < 4.78 is 1.03. The quantitative estimate of drug-likeness (QED) is 0.800. The number of nitrogens with one attached hydrogen (secondary N) is 1. The van der Waals surface area contributed by atoms with Gasteiger partial charge in [-0.3, -0.25) is 4.79 Å². The molecule has 102 valence electrons. The molecule has 4 nitrogen and oxygen atoms in total. The Labute approximate surface area is 130 Å². The van der Waals surface area contributed by atoms with E-state index in [1.54, 1.807) is 31.2 Å². The zero-order valence-electron chi connectivity index (χ0n) is 10.7. The Morgan fingerprint density at radius 2 is 1.75 bits per heavy atom. The SMILES string of the molecule is Cc1cccc(C(=O)O)c1NC(=O)c1ccc(I)cc1. The van der Waals surface area contributed by atoms with Crippen molar-refractivity contribution >= 4 is 40.2 Å². The van der Waals surface area contributed by atoms with Gasteiger partial charge in [0.25, 0.3) is 5.91 Å². The molecule has 5 heteroatoms. The summed E-state index contributed by atoms with van der Waals surface area (Å²) in [6.07, 6.45) is 0. The number of rotatable bonds is 3. The number of benzene rings is 2. The van der Waals surface area contributed by atoms with Gasteiger partial charge < -0.3 is 10.4 Å². The Balaban J connectivity index is 2.32. The maximum absolute atomic E-state index is 12.1. The molecule has 0 fully saturated rings. The van der Waals surface area contributed by atoms with Gasteiger partial charge in [-0.05, 0) is 65.4 Å². The number of carboxylic acid groups (broad SMARTS) is 1. The van der Waals surface area contributed by atoms with E-state index in [9.17, 15) is 9.59 Å². The van der Waals surface area contributed by atoms with Gasteiger partial charge in [-0.1, -0.05) is 12.1 Å². The summed E-state index contributed by atoms with van der Waals surface area (Å²) in [6.45, 7) is 1.76. The molecule has 0 radical (unpaired) electrons. The fourth-order valence-corrected chi connectivity index (χ4v) is 2.16. The molecule has 0 bridgehead atoms. The smallest absolute Gasteiger partial charge is 0.337 e. The minimum absolute atomic E-state index is 0.0869. The van der Waals surface area contributed by atoms with Crippen molar-refractivity contribution in [2.45, 2.75) is 6.92 Å². The summed E-state index contributed by atoms with van der Waals surface area (Å²) in [7, 11) is 0. The molecular formula is C15H12INO3. The molecule has 2 aromatic rings. The highest BCUT2D eigenvalue weighted by atomic mass is 127. The molecule has 0 spiro atoms. The van der Waals surface area contributed by atoms with Crippen LogP contribution in [0.25, 0.3) is 0 Å². The van der Waals surface area contributed by atoms with Crippen molar-refractivity contribution < 1.29 is 14.7 Å². The van der Waals surface area contributed by atoms with Gasteiger partial charge in [0, 0.05) is 9.13 Å². The van der Waals surface area contributed by atoms with E-state index in [1.807, 2.05) is 12.1 Å². The molecule has 2 rings (SSSR count). The van der Waals surface area contributed by atoms with Gasteiger partial charge in [0.15, 0.2) is 0 Å². The van der Waals surface area contributed by atoms with Crippen LogP contribution >= 0.6 is 22.6 Å².